The highest BCUT2D eigenvalue weighted by Crippen LogP contribution is 2.43. The van der Waals surface area contributed by atoms with Crippen LogP contribution >= 0.6 is 7.82 Å². The standard InChI is InChI=1S/C40H78NO9P/c1-3-5-7-9-11-13-15-17-19-20-22-24-26-28-30-32-39(42)50-37(35-48-51(45,46)49-36-38(41)40(43)44)34-47-33-31-29-27-25-23-21-18-16-14-12-10-8-6-4-2/h17,19,37-38H,3-16,18,20-36,41H2,1-2H3,(H,43,44)(H,45,46)/b19-17-. The number of phosphoric acid groups is 1. The van der Waals surface area contributed by atoms with E-state index in [0.717, 1.165) is 51.4 Å². The Balaban J connectivity index is 4.26. The minimum absolute atomic E-state index is 0.0190. The van der Waals surface area contributed by atoms with Gasteiger partial charge in [0, 0.05) is 13.0 Å². The number of ether oxygens (including phenoxy) is 2. The van der Waals surface area contributed by atoms with E-state index >= 15 is 0 Å². The Morgan fingerprint density at radius 1 is 0.608 bits per heavy atom. The number of nitrogens with two attached hydrogens (primary N) is 1. The summed E-state index contributed by atoms with van der Waals surface area (Å²) in [5.41, 5.74) is 5.34. The molecule has 0 heterocycles. The molecule has 51 heavy (non-hydrogen) atoms. The van der Waals surface area contributed by atoms with Crippen molar-refractivity contribution in [3.8, 4) is 0 Å². The smallest absolute Gasteiger partial charge is 0.472 e. The number of phosphoric ester groups is 1. The summed E-state index contributed by atoms with van der Waals surface area (Å²) >= 11 is 0. The summed E-state index contributed by atoms with van der Waals surface area (Å²) in [6, 6.07) is -1.47. The van der Waals surface area contributed by atoms with Crippen molar-refractivity contribution in [3.05, 3.63) is 12.2 Å². The monoisotopic (exact) mass is 748 g/mol. The SMILES string of the molecule is CCCCCCCC/C=C\CCCCCCCC(=O)OC(COCCCCCCCCCCCCCCCC)COP(=O)(O)OCC(N)C(=O)O. The maximum absolute atomic E-state index is 12.6. The quantitative estimate of drug-likeness (QED) is 0.0239. The molecule has 0 saturated heterocycles. The van der Waals surface area contributed by atoms with Crippen LogP contribution in [0.3, 0.4) is 0 Å². The molecule has 0 bridgehead atoms. The summed E-state index contributed by atoms with van der Waals surface area (Å²) < 4.78 is 33.3. The molecule has 0 aromatic heterocycles. The number of esters is 1. The number of unbranched alkanes of at least 4 members (excludes halogenated alkanes) is 24. The van der Waals surface area contributed by atoms with Gasteiger partial charge in [0.15, 0.2) is 0 Å². The molecule has 0 saturated carbocycles. The Hall–Kier alpha value is -1.29. The zero-order chi connectivity index (χ0) is 37.7. The Morgan fingerprint density at radius 3 is 1.49 bits per heavy atom. The highest BCUT2D eigenvalue weighted by Gasteiger charge is 2.27. The van der Waals surface area contributed by atoms with Crippen molar-refractivity contribution in [1.29, 1.82) is 0 Å². The lowest BCUT2D eigenvalue weighted by atomic mass is 10.0. The summed E-state index contributed by atoms with van der Waals surface area (Å²) in [6.45, 7) is 3.88. The van der Waals surface area contributed by atoms with Gasteiger partial charge in [-0.25, -0.2) is 4.57 Å². The molecule has 0 aliphatic rings. The molecule has 4 N–H and O–H groups in total. The summed E-state index contributed by atoms with van der Waals surface area (Å²) in [4.78, 5) is 33.4. The second-order valence-electron chi connectivity index (χ2n) is 14.1. The van der Waals surface area contributed by atoms with Crippen LogP contribution in [0.15, 0.2) is 12.2 Å². The predicted octanol–water partition coefficient (Wildman–Crippen LogP) is 11.0. The Labute approximate surface area is 312 Å². The molecule has 0 spiro atoms. The normalized spacial score (nSPS) is 14.1. The van der Waals surface area contributed by atoms with Gasteiger partial charge >= 0.3 is 19.8 Å². The molecule has 10 nitrogen and oxygen atoms in total. The average Bonchev–Trinajstić information content (AvgIpc) is 3.10. The first-order valence-corrected chi connectivity index (χ1v) is 22.2. The summed E-state index contributed by atoms with van der Waals surface area (Å²) in [7, 11) is -4.61. The first-order chi connectivity index (χ1) is 24.7. The van der Waals surface area contributed by atoms with Crippen LogP contribution in [-0.4, -0.2) is 60.5 Å². The molecule has 0 fully saturated rings. The molecule has 0 aliphatic heterocycles. The summed E-state index contributed by atoms with van der Waals surface area (Å²) in [5.74, 6) is -1.78. The molecule has 3 unspecified atom stereocenters. The maximum atomic E-state index is 12.6. The zero-order valence-corrected chi connectivity index (χ0v) is 33.6. The number of rotatable bonds is 40. The fourth-order valence-corrected chi connectivity index (χ4v) is 6.55. The van der Waals surface area contributed by atoms with Gasteiger partial charge in [0.1, 0.15) is 12.1 Å². The Morgan fingerprint density at radius 2 is 1.02 bits per heavy atom. The van der Waals surface area contributed by atoms with Crippen LogP contribution in [-0.2, 0) is 32.7 Å². The lowest BCUT2D eigenvalue weighted by Crippen LogP contribution is -2.34. The largest absolute Gasteiger partial charge is 0.480 e. The van der Waals surface area contributed by atoms with Crippen LogP contribution in [0, 0.1) is 0 Å². The molecular weight excluding hydrogens is 669 g/mol. The van der Waals surface area contributed by atoms with Crippen molar-refractivity contribution in [2.75, 3.05) is 26.4 Å². The van der Waals surface area contributed by atoms with Gasteiger partial charge in [0.25, 0.3) is 0 Å². The van der Waals surface area contributed by atoms with Gasteiger partial charge in [-0.2, -0.15) is 0 Å². The van der Waals surface area contributed by atoms with E-state index in [0.29, 0.717) is 13.0 Å². The van der Waals surface area contributed by atoms with Gasteiger partial charge in [-0.15, -0.1) is 0 Å². The highest BCUT2D eigenvalue weighted by atomic mass is 31.2. The number of hydrogen-bond acceptors (Lipinski definition) is 8. The molecule has 0 amide bonds. The third-order valence-corrected chi connectivity index (χ3v) is 10.00. The van der Waals surface area contributed by atoms with Crippen LogP contribution in [0.25, 0.3) is 0 Å². The van der Waals surface area contributed by atoms with E-state index < -0.39 is 45.1 Å². The number of carboxylic acids is 1. The van der Waals surface area contributed by atoms with Crippen LogP contribution in [0.4, 0.5) is 0 Å². The van der Waals surface area contributed by atoms with Crippen molar-refractivity contribution >= 4 is 19.8 Å². The second kappa shape index (κ2) is 37.0. The van der Waals surface area contributed by atoms with E-state index in [2.05, 4.69) is 26.0 Å². The number of hydrogen-bond donors (Lipinski definition) is 3. The van der Waals surface area contributed by atoms with Gasteiger partial charge < -0.3 is 25.2 Å². The van der Waals surface area contributed by atoms with Gasteiger partial charge in [-0.1, -0.05) is 161 Å². The highest BCUT2D eigenvalue weighted by molar-refractivity contribution is 7.47. The Bertz CT molecular complexity index is 873. The van der Waals surface area contributed by atoms with E-state index in [9.17, 15) is 19.0 Å². The van der Waals surface area contributed by atoms with Gasteiger partial charge in [0.2, 0.25) is 0 Å². The van der Waals surface area contributed by atoms with Gasteiger partial charge in [-0.3, -0.25) is 18.6 Å². The number of carboxylic acid groups (broad SMARTS) is 1. The van der Waals surface area contributed by atoms with E-state index in [-0.39, 0.29) is 13.0 Å². The second-order valence-corrected chi connectivity index (χ2v) is 15.6. The molecule has 0 aliphatic carbocycles. The van der Waals surface area contributed by atoms with Crippen LogP contribution in [0.1, 0.15) is 194 Å². The lowest BCUT2D eigenvalue weighted by molar-refractivity contribution is -0.154. The fourth-order valence-electron chi connectivity index (χ4n) is 5.77. The molecule has 0 aromatic rings. The first-order valence-electron chi connectivity index (χ1n) is 20.7. The number of carbonyl (C=O) groups excluding carboxylic acids is 1. The topological polar surface area (TPSA) is 155 Å². The third-order valence-electron chi connectivity index (χ3n) is 9.04. The van der Waals surface area contributed by atoms with Gasteiger partial charge in [0.05, 0.1) is 19.8 Å². The number of allylic oxidation sites excluding steroid dienone is 2. The molecular formula is C40H78NO9P. The van der Waals surface area contributed by atoms with Crippen molar-refractivity contribution in [2.45, 2.75) is 206 Å². The minimum atomic E-state index is -4.61. The predicted molar refractivity (Wildman–Crippen MR) is 208 cm³/mol. The summed E-state index contributed by atoms with van der Waals surface area (Å²) in [6.07, 6.45) is 36.8. The van der Waals surface area contributed by atoms with Crippen molar-refractivity contribution < 1.29 is 42.7 Å². The molecule has 0 aromatic carbocycles. The molecule has 302 valence electrons. The van der Waals surface area contributed by atoms with E-state index in [4.69, 9.17) is 29.4 Å². The van der Waals surface area contributed by atoms with Crippen molar-refractivity contribution in [3.63, 3.8) is 0 Å². The van der Waals surface area contributed by atoms with E-state index in [1.54, 1.807) is 0 Å². The third kappa shape index (κ3) is 36.8. The molecule has 0 rings (SSSR count). The molecule has 3 atom stereocenters. The minimum Gasteiger partial charge on any atom is -0.480 e. The van der Waals surface area contributed by atoms with Crippen LogP contribution in [0.5, 0.6) is 0 Å². The zero-order valence-electron chi connectivity index (χ0n) is 32.7. The van der Waals surface area contributed by atoms with Crippen molar-refractivity contribution in [1.82, 2.24) is 0 Å². The fraction of sp³-hybridized carbons (Fsp3) is 0.900. The molecule has 11 heteroatoms. The number of aliphatic carboxylic acids is 1. The van der Waals surface area contributed by atoms with Crippen molar-refractivity contribution in [2.24, 2.45) is 5.73 Å². The molecule has 0 radical (unpaired) electrons. The average molecular weight is 748 g/mol. The van der Waals surface area contributed by atoms with Gasteiger partial charge in [-0.05, 0) is 38.5 Å². The van der Waals surface area contributed by atoms with Crippen LogP contribution in [0.2, 0.25) is 0 Å². The lowest BCUT2D eigenvalue weighted by Gasteiger charge is -2.20. The van der Waals surface area contributed by atoms with E-state index in [1.807, 2.05) is 0 Å². The first kappa shape index (κ1) is 49.7. The Kier molecular flexibility index (Phi) is 36.1. The van der Waals surface area contributed by atoms with Crippen LogP contribution < -0.4 is 5.73 Å². The number of carbonyl (C=O) groups is 2. The summed E-state index contributed by atoms with van der Waals surface area (Å²) in [5, 5.41) is 8.88. The maximum Gasteiger partial charge on any atom is 0.472 e. The van der Waals surface area contributed by atoms with E-state index in [1.165, 1.54) is 116 Å².